The summed E-state index contributed by atoms with van der Waals surface area (Å²) in [5.41, 5.74) is 1.62. The van der Waals surface area contributed by atoms with E-state index in [0.717, 1.165) is 23.9 Å². The third kappa shape index (κ3) is 5.66. The van der Waals surface area contributed by atoms with Crippen molar-refractivity contribution in [3.63, 3.8) is 0 Å². The van der Waals surface area contributed by atoms with Gasteiger partial charge >= 0.3 is 0 Å². The Kier molecular flexibility index (Phi) is 6.25. The molecule has 0 amide bonds. The summed E-state index contributed by atoms with van der Waals surface area (Å²) in [5, 5.41) is 4.16. The fourth-order valence-corrected chi connectivity index (χ4v) is 2.40. The highest BCUT2D eigenvalue weighted by molar-refractivity contribution is 6.30. The van der Waals surface area contributed by atoms with E-state index in [2.05, 4.69) is 11.4 Å². The number of allylic oxidation sites excluding steroid dienone is 1. The lowest BCUT2D eigenvalue weighted by Gasteiger charge is -2.13. The van der Waals surface area contributed by atoms with Gasteiger partial charge in [-0.1, -0.05) is 23.3 Å². The van der Waals surface area contributed by atoms with E-state index in [9.17, 15) is 0 Å². The second-order valence-electron chi connectivity index (χ2n) is 4.91. The fourth-order valence-electron chi connectivity index (χ4n) is 2.28. The van der Waals surface area contributed by atoms with Crippen LogP contribution < -0.4 is 10.1 Å². The predicted molar refractivity (Wildman–Crippen MR) is 81.0 cm³/mol. The molecule has 0 radical (unpaired) electrons. The Balaban J connectivity index is 1.52. The van der Waals surface area contributed by atoms with Gasteiger partial charge in [-0.2, -0.15) is 0 Å². The molecule has 0 unspecified atom stereocenters. The van der Waals surface area contributed by atoms with E-state index in [4.69, 9.17) is 16.3 Å². The largest absolute Gasteiger partial charge is 0.492 e. The summed E-state index contributed by atoms with van der Waals surface area (Å²) in [6.45, 7) is 2.63. The van der Waals surface area contributed by atoms with Gasteiger partial charge in [-0.25, -0.2) is 0 Å². The second-order valence-corrected chi connectivity index (χ2v) is 5.35. The van der Waals surface area contributed by atoms with E-state index in [1.807, 2.05) is 24.3 Å². The van der Waals surface area contributed by atoms with Crippen molar-refractivity contribution in [1.29, 1.82) is 0 Å². The standard InChI is InChI=1S/C16H22ClNO/c17-15-6-8-16(9-7-15)19-13-12-18-11-10-14-4-2-1-3-5-14/h4,6-9,18H,1-3,5,10-13H2. The summed E-state index contributed by atoms with van der Waals surface area (Å²) in [5.74, 6) is 0.876. The molecular weight excluding hydrogens is 258 g/mol. The highest BCUT2D eigenvalue weighted by Crippen LogP contribution is 2.19. The van der Waals surface area contributed by atoms with Crippen LogP contribution in [0.2, 0.25) is 5.02 Å². The van der Waals surface area contributed by atoms with Crippen LogP contribution in [0.25, 0.3) is 0 Å². The van der Waals surface area contributed by atoms with Gasteiger partial charge in [0.05, 0.1) is 0 Å². The SMILES string of the molecule is Clc1ccc(OCCNCCC2=CCCCC2)cc1. The number of halogens is 1. The maximum atomic E-state index is 5.81. The van der Waals surface area contributed by atoms with Gasteiger partial charge in [0.25, 0.3) is 0 Å². The third-order valence-corrected chi connectivity index (χ3v) is 3.62. The molecule has 0 aromatic heterocycles. The Morgan fingerprint density at radius 1 is 1.11 bits per heavy atom. The van der Waals surface area contributed by atoms with E-state index >= 15 is 0 Å². The Hall–Kier alpha value is -0.990. The molecule has 3 heteroatoms. The van der Waals surface area contributed by atoms with Crippen LogP contribution in [0.5, 0.6) is 5.75 Å². The molecule has 0 spiro atoms. The average molecular weight is 280 g/mol. The molecule has 19 heavy (non-hydrogen) atoms. The molecule has 1 aliphatic rings. The van der Waals surface area contributed by atoms with Crippen LogP contribution in [0.3, 0.4) is 0 Å². The predicted octanol–water partition coefficient (Wildman–Crippen LogP) is 4.20. The summed E-state index contributed by atoms with van der Waals surface area (Å²) in [7, 11) is 0. The normalized spacial score (nSPS) is 15.1. The minimum absolute atomic E-state index is 0.695. The quantitative estimate of drug-likeness (QED) is 0.597. The molecule has 2 rings (SSSR count). The molecule has 1 aromatic rings. The fraction of sp³-hybridized carbons (Fsp3) is 0.500. The van der Waals surface area contributed by atoms with E-state index in [-0.39, 0.29) is 0 Å². The van der Waals surface area contributed by atoms with Gasteiger partial charge in [0.15, 0.2) is 0 Å². The van der Waals surface area contributed by atoms with Crippen LogP contribution in [0.15, 0.2) is 35.9 Å². The molecule has 1 N–H and O–H groups in total. The Morgan fingerprint density at radius 2 is 1.95 bits per heavy atom. The molecule has 1 aromatic carbocycles. The van der Waals surface area contributed by atoms with Crippen LogP contribution in [-0.2, 0) is 0 Å². The Bertz CT molecular complexity index is 400. The zero-order valence-electron chi connectivity index (χ0n) is 11.3. The third-order valence-electron chi connectivity index (χ3n) is 3.37. The van der Waals surface area contributed by atoms with E-state index < -0.39 is 0 Å². The molecule has 0 heterocycles. The van der Waals surface area contributed by atoms with Gasteiger partial charge in [0, 0.05) is 11.6 Å². The summed E-state index contributed by atoms with van der Waals surface area (Å²) >= 11 is 5.81. The first-order chi connectivity index (χ1) is 9.34. The summed E-state index contributed by atoms with van der Waals surface area (Å²) < 4.78 is 5.62. The molecular formula is C16H22ClNO. The summed E-state index contributed by atoms with van der Waals surface area (Å²) in [6.07, 6.45) is 8.89. The van der Waals surface area contributed by atoms with Crippen LogP contribution in [0, 0.1) is 0 Å². The maximum absolute atomic E-state index is 5.81. The zero-order chi connectivity index (χ0) is 13.3. The smallest absolute Gasteiger partial charge is 0.119 e. The lowest BCUT2D eigenvalue weighted by molar-refractivity contribution is 0.314. The zero-order valence-corrected chi connectivity index (χ0v) is 12.1. The molecule has 0 saturated carbocycles. The first-order valence-electron chi connectivity index (χ1n) is 7.11. The van der Waals surface area contributed by atoms with Gasteiger partial charge in [0.2, 0.25) is 0 Å². The number of ether oxygens (including phenoxy) is 1. The Morgan fingerprint density at radius 3 is 2.68 bits per heavy atom. The second kappa shape index (κ2) is 8.23. The average Bonchev–Trinajstić information content (AvgIpc) is 2.46. The van der Waals surface area contributed by atoms with Gasteiger partial charge in [0.1, 0.15) is 12.4 Å². The van der Waals surface area contributed by atoms with E-state index in [0.29, 0.717) is 6.61 Å². The molecule has 0 saturated heterocycles. The lowest BCUT2D eigenvalue weighted by atomic mass is 9.97. The first-order valence-corrected chi connectivity index (χ1v) is 7.49. The van der Waals surface area contributed by atoms with Crippen molar-refractivity contribution in [2.75, 3.05) is 19.7 Å². The number of hydrogen-bond acceptors (Lipinski definition) is 2. The van der Waals surface area contributed by atoms with Crippen molar-refractivity contribution in [3.8, 4) is 5.75 Å². The highest BCUT2D eigenvalue weighted by Gasteiger charge is 2.02. The van der Waals surface area contributed by atoms with Gasteiger partial charge < -0.3 is 10.1 Å². The topological polar surface area (TPSA) is 21.3 Å². The number of nitrogens with one attached hydrogen (secondary N) is 1. The first kappa shape index (κ1) is 14.4. The van der Waals surface area contributed by atoms with Gasteiger partial charge in [-0.15, -0.1) is 0 Å². The van der Waals surface area contributed by atoms with Crippen molar-refractivity contribution in [1.82, 2.24) is 5.32 Å². The lowest BCUT2D eigenvalue weighted by Crippen LogP contribution is -2.22. The van der Waals surface area contributed by atoms with Crippen LogP contribution in [-0.4, -0.2) is 19.7 Å². The Labute approximate surface area is 120 Å². The van der Waals surface area contributed by atoms with Crippen molar-refractivity contribution in [3.05, 3.63) is 40.9 Å². The minimum atomic E-state index is 0.695. The monoisotopic (exact) mass is 279 g/mol. The summed E-state index contributed by atoms with van der Waals surface area (Å²) in [4.78, 5) is 0. The number of rotatable bonds is 7. The van der Waals surface area contributed by atoms with Gasteiger partial charge in [-0.3, -0.25) is 0 Å². The van der Waals surface area contributed by atoms with Crippen molar-refractivity contribution < 1.29 is 4.74 Å². The number of hydrogen-bond donors (Lipinski definition) is 1. The summed E-state index contributed by atoms with van der Waals surface area (Å²) in [6, 6.07) is 7.49. The van der Waals surface area contributed by atoms with Crippen molar-refractivity contribution >= 4 is 11.6 Å². The number of benzene rings is 1. The van der Waals surface area contributed by atoms with Crippen LogP contribution in [0.1, 0.15) is 32.1 Å². The molecule has 0 fully saturated rings. The molecule has 0 aliphatic heterocycles. The van der Waals surface area contributed by atoms with Crippen LogP contribution in [0.4, 0.5) is 0 Å². The molecule has 0 bridgehead atoms. The van der Waals surface area contributed by atoms with E-state index in [1.54, 1.807) is 5.57 Å². The molecule has 1 aliphatic carbocycles. The maximum Gasteiger partial charge on any atom is 0.119 e. The van der Waals surface area contributed by atoms with Crippen molar-refractivity contribution in [2.45, 2.75) is 32.1 Å². The van der Waals surface area contributed by atoms with Crippen LogP contribution >= 0.6 is 11.6 Å². The van der Waals surface area contributed by atoms with Crippen molar-refractivity contribution in [2.24, 2.45) is 0 Å². The molecule has 2 nitrogen and oxygen atoms in total. The van der Waals surface area contributed by atoms with E-state index in [1.165, 1.54) is 32.1 Å². The molecule has 0 atom stereocenters. The van der Waals surface area contributed by atoms with Gasteiger partial charge in [-0.05, 0) is 62.9 Å². The minimum Gasteiger partial charge on any atom is -0.492 e. The molecule has 104 valence electrons. The highest BCUT2D eigenvalue weighted by atomic mass is 35.5.